The molecule has 0 fully saturated rings. The molecule has 1 heterocycles. The second-order valence-electron chi connectivity index (χ2n) is 4.91. The van der Waals surface area contributed by atoms with E-state index in [-0.39, 0.29) is 5.78 Å². The summed E-state index contributed by atoms with van der Waals surface area (Å²) >= 11 is 0. The van der Waals surface area contributed by atoms with Crippen molar-refractivity contribution in [2.45, 2.75) is 46.6 Å². The van der Waals surface area contributed by atoms with E-state index in [9.17, 15) is 4.79 Å². The van der Waals surface area contributed by atoms with Crippen LogP contribution in [0.1, 0.15) is 48.1 Å². The van der Waals surface area contributed by atoms with Crippen LogP contribution in [-0.2, 0) is 25.8 Å². The molecule has 0 amide bonds. The highest BCUT2D eigenvalue weighted by molar-refractivity contribution is 5.98. The molecule has 0 spiro atoms. The Bertz CT molecular complexity index is 599. The highest BCUT2D eigenvalue weighted by Gasteiger charge is 2.14. The maximum atomic E-state index is 12.5. The van der Waals surface area contributed by atoms with Gasteiger partial charge in [0.15, 0.2) is 5.78 Å². The molecule has 0 aliphatic carbocycles. The fourth-order valence-corrected chi connectivity index (χ4v) is 2.46. The molecule has 3 nitrogen and oxygen atoms in total. The van der Waals surface area contributed by atoms with Crippen molar-refractivity contribution in [1.29, 1.82) is 0 Å². The fourth-order valence-electron chi connectivity index (χ4n) is 2.46. The van der Waals surface area contributed by atoms with Crippen LogP contribution in [0.3, 0.4) is 0 Å². The summed E-state index contributed by atoms with van der Waals surface area (Å²) in [5, 5.41) is 4.50. The molecule has 0 aliphatic heterocycles. The van der Waals surface area contributed by atoms with Gasteiger partial charge >= 0.3 is 0 Å². The van der Waals surface area contributed by atoms with Gasteiger partial charge in [-0.25, -0.2) is 0 Å². The fraction of sp³-hybridized carbons (Fsp3) is 0.412. The summed E-state index contributed by atoms with van der Waals surface area (Å²) in [5.41, 5.74) is 4.03. The minimum absolute atomic E-state index is 0.180. The van der Waals surface area contributed by atoms with Crippen molar-refractivity contribution in [3.8, 4) is 0 Å². The first-order chi connectivity index (χ1) is 9.69. The summed E-state index contributed by atoms with van der Waals surface area (Å²) in [7, 11) is 0. The average molecular weight is 270 g/mol. The van der Waals surface area contributed by atoms with Crippen LogP contribution in [-0.4, -0.2) is 15.6 Å². The Kier molecular flexibility index (Phi) is 4.72. The molecule has 0 aliphatic rings. The Morgan fingerprint density at radius 1 is 1.15 bits per heavy atom. The molecule has 2 rings (SSSR count). The first kappa shape index (κ1) is 14.5. The monoisotopic (exact) mass is 270 g/mol. The van der Waals surface area contributed by atoms with E-state index in [1.807, 2.05) is 28.9 Å². The zero-order valence-electron chi connectivity index (χ0n) is 12.5. The summed E-state index contributed by atoms with van der Waals surface area (Å²) in [6.45, 7) is 7.02. The summed E-state index contributed by atoms with van der Waals surface area (Å²) in [5.74, 6) is 0.180. The molecule has 1 aromatic carbocycles. The van der Waals surface area contributed by atoms with Gasteiger partial charge in [0, 0.05) is 17.8 Å². The van der Waals surface area contributed by atoms with Gasteiger partial charge in [-0.05, 0) is 31.4 Å². The highest BCUT2D eigenvalue weighted by atomic mass is 16.1. The van der Waals surface area contributed by atoms with E-state index in [1.54, 1.807) is 0 Å². The highest BCUT2D eigenvalue weighted by Crippen LogP contribution is 2.14. The first-order valence-electron chi connectivity index (χ1n) is 7.36. The van der Waals surface area contributed by atoms with Crippen molar-refractivity contribution in [3.63, 3.8) is 0 Å². The van der Waals surface area contributed by atoms with Gasteiger partial charge in [-0.3, -0.25) is 9.48 Å². The first-order valence-corrected chi connectivity index (χ1v) is 7.36. The van der Waals surface area contributed by atoms with Gasteiger partial charge in [-0.1, -0.05) is 38.1 Å². The van der Waals surface area contributed by atoms with Crippen molar-refractivity contribution >= 4 is 5.78 Å². The minimum Gasteiger partial charge on any atom is -0.294 e. The van der Waals surface area contributed by atoms with E-state index in [0.29, 0.717) is 6.42 Å². The van der Waals surface area contributed by atoms with Gasteiger partial charge in [0.25, 0.3) is 0 Å². The predicted octanol–water partition coefficient (Wildman–Crippen LogP) is 3.45. The number of nitrogens with zero attached hydrogens (tertiary/aromatic N) is 2. The minimum atomic E-state index is 0.180. The van der Waals surface area contributed by atoms with Crippen LogP contribution in [0, 0.1) is 0 Å². The Hall–Kier alpha value is -1.90. The number of carbonyl (C=O) groups excluding carboxylic acids is 1. The van der Waals surface area contributed by atoms with Crippen molar-refractivity contribution in [3.05, 3.63) is 52.8 Å². The molecular weight excluding hydrogens is 248 g/mol. The molecule has 0 bridgehead atoms. The number of rotatable bonds is 6. The van der Waals surface area contributed by atoms with Crippen LogP contribution in [0.2, 0.25) is 0 Å². The maximum Gasteiger partial charge on any atom is 0.169 e. The number of benzene rings is 1. The van der Waals surface area contributed by atoms with Gasteiger partial charge in [0.1, 0.15) is 0 Å². The smallest absolute Gasteiger partial charge is 0.169 e. The molecule has 0 atom stereocenters. The molecule has 1 aromatic heterocycles. The Labute approximate surface area is 120 Å². The summed E-state index contributed by atoms with van der Waals surface area (Å²) < 4.78 is 1.94. The molecule has 0 unspecified atom stereocenters. The van der Waals surface area contributed by atoms with Crippen molar-refractivity contribution < 1.29 is 4.79 Å². The van der Waals surface area contributed by atoms with Gasteiger partial charge in [-0.2, -0.15) is 5.10 Å². The third-order valence-electron chi connectivity index (χ3n) is 3.62. The SMILES string of the molecule is CCc1cc(CC(=O)c2ccccc2CC)n(CC)n1. The number of carbonyl (C=O) groups is 1. The molecule has 2 aromatic rings. The third kappa shape index (κ3) is 2.98. The molecule has 20 heavy (non-hydrogen) atoms. The zero-order valence-corrected chi connectivity index (χ0v) is 12.5. The second-order valence-corrected chi connectivity index (χ2v) is 4.91. The van der Waals surface area contributed by atoms with Crippen LogP contribution >= 0.6 is 0 Å². The normalized spacial score (nSPS) is 10.8. The standard InChI is InChI=1S/C17H22N2O/c1-4-13-9-7-8-10-16(13)17(20)12-15-11-14(5-2)18-19(15)6-3/h7-11H,4-6,12H2,1-3H3. The van der Waals surface area contributed by atoms with Crippen LogP contribution in [0.25, 0.3) is 0 Å². The maximum absolute atomic E-state index is 12.5. The molecule has 0 N–H and O–H groups in total. The molecule has 0 radical (unpaired) electrons. The molecule has 0 saturated heterocycles. The van der Waals surface area contributed by atoms with E-state index in [4.69, 9.17) is 0 Å². The zero-order chi connectivity index (χ0) is 14.5. The lowest BCUT2D eigenvalue weighted by Crippen LogP contribution is -2.11. The lowest BCUT2D eigenvalue weighted by Gasteiger charge is -2.07. The van der Waals surface area contributed by atoms with E-state index in [2.05, 4.69) is 31.9 Å². The molecule has 106 valence electrons. The van der Waals surface area contributed by atoms with Crippen LogP contribution in [0.15, 0.2) is 30.3 Å². The summed E-state index contributed by atoms with van der Waals surface area (Å²) in [6.07, 6.45) is 2.22. The average Bonchev–Trinajstić information content (AvgIpc) is 2.89. The Balaban J connectivity index is 2.25. The van der Waals surface area contributed by atoms with Gasteiger partial charge in [-0.15, -0.1) is 0 Å². The van der Waals surface area contributed by atoms with Crippen LogP contribution in [0.5, 0.6) is 0 Å². The van der Waals surface area contributed by atoms with Crippen molar-refractivity contribution in [2.24, 2.45) is 0 Å². The molecule has 0 saturated carbocycles. The molecule has 3 heteroatoms. The van der Waals surface area contributed by atoms with Crippen molar-refractivity contribution in [2.75, 3.05) is 0 Å². The van der Waals surface area contributed by atoms with Gasteiger partial charge < -0.3 is 0 Å². The lowest BCUT2D eigenvalue weighted by molar-refractivity contribution is 0.0989. The van der Waals surface area contributed by atoms with Crippen LogP contribution < -0.4 is 0 Å². The van der Waals surface area contributed by atoms with E-state index >= 15 is 0 Å². The Morgan fingerprint density at radius 3 is 2.55 bits per heavy atom. The number of aryl methyl sites for hydroxylation is 3. The van der Waals surface area contributed by atoms with Gasteiger partial charge in [0.2, 0.25) is 0 Å². The van der Waals surface area contributed by atoms with E-state index in [1.165, 1.54) is 0 Å². The largest absolute Gasteiger partial charge is 0.294 e. The summed E-state index contributed by atoms with van der Waals surface area (Å²) in [6, 6.07) is 9.93. The Morgan fingerprint density at radius 2 is 1.90 bits per heavy atom. The third-order valence-corrected chi connectivity index (χ3v) is 3.62. The predicted molar refractivity (Wildman–Crippen MR) is 81.1 cm³/mol. The number of ketones is 1. The number of hydrogen-bond donors (Lipinski definition) is 0. The topological polar surface area (TPSA) is 34.9 Å². The molecular formula is C17H22N2O. The van der Waals surface area contributed by atoms with E-state index in [0.717, 1.165) is 41.9 Å². The van der Waals surface area contributed by atoms with E-state index < -0.39 is 0 Å². The quantitative estimate of drug-likeness (QED) is 0.753. The second kappa shape index (κ2) is 6.51. The van der Waals surface area contributed by atoms with Crippen molar-refractivity contribution in [1.82, 2.24) is 9.78 Å². The number of hydrogen-bond acceptors (Lipinski definition) is 2. The van der Waals surface area contributed by atoms with Crippen LogP contribution in [0.4, 0.5) is 0 Å². The van der Waals surface area contributed by atoms with Gasteiger partial charge in [0.05, 0.1) is 12.1 Å². The number of aromatic nitrogens is 2. The lowest BCUT2D eigenvalue weighted by atomic mass is 9.99. The number of Topliss-reactive ketones (excluding diaryl/α,β-unsaturated/α-hetero) is 1. The summed E-state index contributed by atoms with van der Waals surface area (Å²) in [4.78, 5) is 12.5.